The molecule has 110 valence electrons. The maximum absolute atomic E-state index is 11.9. The van der Waals surface area contributed by atoms with Gasteiger partial charge in [-0.1, -0.05) is 6.92 Å². The van der Waals surface area contributed by atoms with Crippen LogP contribution in [-0.2, 0) is 23.8 Å². The molecular weight excluding hydrogens is 266 g/mol. The van der Waals surface area contributed by atoms with Crippen LogP contribution in [0.2, 0.25) is 0 Å². The van der Waals surface area contributed by atoms with Crippen molar-refractivity contribution in [2.24, 2.45) is 7.05 Å². The smallest absolute Gasteiger partial charge is 0.279 e. The third-order valence-corrected chi connectivity index (χ3v) is 4.22. The Morgan fingerprint density at radius 3 is 2.79 bits per heavy atom. The van der Waals surface area contributed by atoms with Crippen LogP contribution in [0.3, 0.4) is 0 Å². The van der Waals surface area contributed by atoms with Crippen molar-refractivity contribution < 1.29 is 8.42 Å². The van der Waals surface area contributed by atoms with E-state index in [-0.39, 0.29) is 6.54 Å². The van der Waals surface area contributed by atoms with Crippen LogP contribution in [-0.4, -0.2) is 49.2 Å². The van der Waals surface area contributed by atoms with E-state index in [1.165, 1.54) is 4.31 Å². The second kappa shape index (κ2) is 7.59. The molecule has 0 aliphatic rings. The Labute approximate surface area is 115 Å². The van der Waals surface area contributed by atoms with Gasteiger partial charge in [-0.15, -0.1) is 0 Å². The Hall–Kier alpha value is -0.960. The number of aromatic nitrogens is 2. The van der Waals surface area contributed by atoms with Crippen LogP contribution in [0, 0.1) is 0 Å². The zero-order chi connectivity index (χ0) is 14.3. The van der Waals surface area contributed by atoms with Crippen LogP contribution in [0.15, 0.2) is 12.4 Å². The van der Waals surface area contributed by atoms with Crippen molar-refractivity contribution in [3.8, 4) is 0 Å². The molecule has 0 fully saturated rings. The van der Waals surface area contributed by atoms with Gasteiger partial charge in [0.25, 0.3) is 10.2 Å². The maximum atomic E-state index is 11.9. The summed E-state index contributed by atoms with van der Waals surface area (Å²) in [6, 6.07) is 0. The van der Waals surface area contributed by atoms with E-state index >= 15 is 0 Å². The summed E-state index contributed by atoms with van der Waals surface area (Å²) >= 11 is 0. The van der Waals surface area contributed by atoms with Crippen LogP contribution >= 0.6 is 0 Å². The van der Waals surface area contributed by atoms with Gasteiger partial charge in [0.15, 0.2) is 0 Å². The molecule has 1 aromatic heterocycles. The molecular formula is C11H23N5O2S. The fourth-order valence-electron chi connectivity index (χ4n) is 1.57. The van der Waals surface area contributed by atoms with E-state index in [1.807, 2.05) is 6.92 Å². The van der Waals surface area contributed by atoms with Gasteiger partial charge in [0.1, 0.15) is 0 Å². The first-order chi connectivity index (χ1) is 8.95. The van der Waals surface area contributed by atoms with E-state index in [9.17, 15) is 8.42 Å². The molecule has 0 radical (unpaired) electrons. The van der Waals surface area contributed by atoms with Gasteiger partial charge in [-0.25, -0.2) is 0 Å². The molecule has 19 heavy (non-hydrogen) atoms. The first-order valence-corrected chi connectivity index (χ1v) is 7.79. The summed E-state index contributed by atoms with van der Waals surface area (Å²) < 4.78 is 29.4. The molecule has 8 heteroatoms. The molecule has 0 aromatic carbocycles. The number of nitrogens with zero attached hydrogens (tertiary/aromatic N) is 3. The minimum Gasteiger partial charge on any atom is -0.317 e. The molecule has 0 unspecified atom stereocenters. The maximum Gasteiger partial charge on any atom is 0.279 e. The molecule has 0 atom stereocenters. The molecule has 1 rings (SSSR count). The highest BCUT2D eigenvalue weighted by Gasteiger charge is 2.16. The molecule has 0 amide bonds. The standard InChI is InChI=1S/C11H23N5O2S/c1-4-12-6-5-7-16(3)19(17,18)14-9-11-8-13-15(2)10-11/h8,10,12,14H,4-7,9H2,1-3H3. The van der Waals surface area contributed by atoms with E-state index < -0.39 is 10.2 Å². The number of nitrogens with one attached hydrogen (secondary N) is 2. The van der Waals surface area contributed by atoms with Crippen molar-refractivity contribution in [3.05, 3.63) is 18.0 Å². The number of rotatable bonds is 9. The first-order valence-electron chi connectivity index (χ1n) is 6.35. The van der Waals surface area contributed by atoms with Crippen molar-refractivity contribution in [3.63, 3.8) is 0 Å². The fourth-order valence-corrected chi connectivity index (χ4v) is 2.51. The molecule has 1 heterocycles. The molecule has 2 N–H and O–H groups in total. The second-order valence-corrected chi connectivity index (χ2v) is 6.24. The number of hydrogen-bond donors (Lipinski definition) is 2. The van der Waals surface area contributed by atoms with Crippen LogP contribution in [0.5, 0.6) is 0 Å². The van der Waals surface area contributed by atoms with Gasteiger partial charge in [-0.05, 0) is 19.5 Å². The third kappa shape index (κ3) is 5.68. The van der Waals surface area contributed by atoms with E-state index in [0.29, 0.717) is 6.54 Å². The molecule has 0 bridgehead atoms. The highest BCUT2D eigenvalue weighted by Crippen LogP contribution is 2.00. The summed E-state index contributed by atoms with van der Waals surface area (Å²) in [5.74, 6) is 0. The van der Waals surface area contributed by atoms with Gasteiger partial charge in [0.2, 0.25) is 0 Å². The number of aryl methyl sites for hydroxylation is 1. The van der Waals surface area contributed by atoms with Gasteiger partial charge in [-0.2, -0.15) is 22.5 Å². The van der Waals surface area contributed by atoms with Crippen molar-refractivity contribution in [2.75, 3.05) is 26.7 Å². The normalized spacial score (nSPS) is 12.2. The van der Waals surface area contributed by atoms with E-state index in [4.69, 9.17) is 0 Å². The fraction of sp³-hybridized carbons (Fsp3) is 0.727. The SMILES string of the molecule is CCNCCCN(C)S(=O)(=O)NCc1cnn(C)c1. The topological polar surface area (TPSA) is 79.3 Å². The largest absolute Gasteiger partial charge is 0.317 e. The summed E-state index contributed by atoms with van der Waals surface area (Å²) in [5.41, 5.74) is 0.840. The highest BCUT2D eigenvalue weighted by atomic mass is 32.2. The molecule has 0 aliphatic heterocycles. The van der Waals surface area contributed by atoms with Crippen LogP contribution in [0.4, 0.5) is 0 Å². The average Bonchev–Trinajstić information content (AvgIpc) is 2.78. The highest BCUT2D eigenvalue weighted by molar-refractivity contribution is 7.87. The van der Waals surface area contributed by atoms with Crippen molar-refractivity contribution >= 4 is 10.2 Å². The van der Waals surface area contributed by atoms with Gasteiger partial charge >= 0.3 is 0 Å². The van der Waals surface area contributed by atoms with Crippen LogP contribution in [0.1, 0.15) is 18.9 Å². The number of hydrogen-bond acceptors (Lipinski definition) is 4. The van der Waals surface area contributed by atoms with Gasteiger partial charge in [0, 0.05) is 38.9 Å². The lowest BCUT2D eigenvalue weighted by atomic mass is 10.4. The van der Waals surface area contributed by atoms with Crippen molar-refractivity contribution in [2.45, 2.75) is 19.9 Å². The molecule has 0 saturated carbocycles. The summed E-state index contributed by atoms with van der Waals surface area (Å²) in [7, 11) is -0.0405. The predicted octanol–water partition coefficient (Wildman–Crippen LogP) is -0.314. The van der Waals surface area contributed by atoms with E-state index in [1.54, 1.807) is 31.2 Å². The minimum absolute atomic E-state index is 0.258. The first kappa shape index (κ1) is 16.1. The Kier molecular flexibility index (Phi) is 6.43. The third-order valence-electron chi connectivity index (χ3n) is 2.70. The Bertz CT molecular complexity index is 471. The zero-order valence-electron chi connectivity index (χ0n) is 11.8. The summed E-state index contributed by atoms with van der Waals surface area (Å²) in [4.78, 5) is 0. The van der Waals surface area contributed by atoms with Crippen molar-refractivity contribution in [1.29, 1.82) is 0 Å². The monoisotopic (exact) mass is 289 g/mol. The average molecular weight is 289 g/mol. The predicted molar refractivity (Wildman–Crippen MR) is 74.8 cm³/mol. The lowest BCUT2D eigenvalue weighted by Crippen LogP contribution is -2.39. The Balaban J connectivity index is 2.37. The van der Waals surface area contributed by atoms with Gasteiger partial charge < -0.3 is 5.32 Å². The molecule has 1 aromatic rings. The van der Waals surface area contributed by atoms with Crippen LogP contribution < -0.4 is 10.0 Å². The van der Waals surface area contributed by atoms with Gasteiger partial charge in [-0.3, -0.25) is 4.68 Å². The second-order valence-electron chi connectivity index (χ2n) is 4.38. The summed E-state index contributed by atoms with van der Waals surface area (Å²) in [5, 5.41) is 7.15. The minimum atomic E-state index is -3.42. The lowest BCUT2D eigenvalue weighted by Gasteiger charge is -2.17. The quantitative estimate of drug-likeness (QED) is 0.611. The van der Waals surface area contributed by atoms with Crippen LogP contribution in [0.25, 0.3) is 0 Å². The molecule has 0 aliphatic carbocycles. The molecule has 7 nitrogen and oxygen atoms in total. The summed E-state index contributed by atoms with van der Waals surface area (Å²) in [6.45, 7) is 4.49. The van der Waals surface area contributed by atoms with Gasteiger partial charge in [0.05, 0.1) is 6.20 Å². The zero-order valence-corrected chi connectivity index (χ0v) is 12.6. The van der Waals surface area contributed by atoms with E-state index in [2.05, 4.69) is 15.1 Å². The summed E-state index contributed by atoms with van der Waals surface area (Å²) in [6.07, 6.45) is 4.22. The molecule has 0 spiro atoms. The lowest BCUT2D eigenvalue weighted by molar-refractivity contribution is 0.445. The Morgan fingerprint density at radius 2 is 2.21 bits per heavy atom. The van der Waals surface area contributed by atoms with E-state index in [0.717, 1.165) is 25.1 Å². The Morgan fingerprint density at radius 1 is 1.47 bits per heavy atom. The molecule has 0 saturated heterocycles. The van der Waals surface area contributed by atoms with Crippen molar-refractivity contribution in [1.82, 2.24) is 24.1 Å².